The van der Waals surface area contributed by atoms with Gasteiger partial charge in [0.15, 0.2) is 0 Å². The van der Waals surface area contributed by atoms with Crippen molar-refractivity contribution in [3.63, 3.8) is 0 Å². The summed E-state index contributed by atoms with van der Waals surface area (Å²) < 4.78 is 5.52. The van der Waals surface area contributed by atoms with Crippen LogP contribution in [0.2, 0.25) is 17.2 Å². The summed E-state index contributed by atoms with van der Waals surface area (Å²) in [5.74, 6) is 1.01. The standard InChI is InChI=1S/C11H15N2O.3C4H9.Sn/c1-2-5-10-7-9-14-13(10)11-6-3-4-8-12-11;3*1-3-4-2;/h3-4,6-8,10H,2,5,9H2,1H3;3*1,3-4H2,2H3;/t10-;;;;/m1..../s1. The fourth-order valence-corrected chi connectivity index (χ4v) is 23.8. The van der Waals surface area contributed by atoms with Crippen molar-refractivity contribution in [2.24, 2.45) is 0 Å². The van der Waals surface area contributed by atoms with Crippen molar-refractivity contribution in [2.45, 2.75) is 102 Å². The normalized spacial score (nSPS) is 20.4. The second-order valence-electron chi connectivity index (χ2n) is 8.45. The van der Waals surface area contributed by atoms with E-state index in [1.165, 1.54) is 51.4 Å². The predicted octanol–water partition coefficient (Wildman–Crippen LogP) is 7.22. The molecule has 1 saturated heterocycles. The third kappa shape index (κ3) is 6.09. The van der Waals surface area contributed by atoms with Crippen LogP contribution in [0, 0.1) is 0 Å². The van der Waals surface area contributed by atoms with Gasteiger partial charge in [-0.1, -0.05) is 0 Å². The van der Waals surface area contributed by atoms with E-state index in [2.05, 4.69) is 49.9 Å². The summed E-state index contributed by atoms with van der Waals surface area (Å²) in [7, 11) is 0. The molecule has 0 amide bonds. The van der Waals surface area contributed by atoms with Crippen molar-refractivity contribution >= 4 is 24.2 Å². The molecule has 3 nitrogen and oxygen atoms in total. The monoisotopic (exact) mass is 482 g/mol. The van der Waals surface area contributed by atoms with Gasteiger partial charge in [-0.3, -0.25) is 0 Å². The Kier molecular flexibility index (Phi) is 10.5. The zero-order chi connectivity index (χ0) is 19.5. The number of rotatable bonds is 13. The van der Waals surface area contributed by atoms with Crippen molar-refractivity contribution in [3.8, 4) is 0 Å². The van der Waals surface area contributed by atoms with E-state index in [9.17, 15) is 0 Å². The van der Waals surface area contributed by atoms with E-state index in [0.717, 1.165) is 16.4 Å². The zero-order valence-corrected chi connectivity index (χ0v) is 21.1. The van der Waals surface area contributed by atoms with E-state index in [1.54, 1.807) is 13.3 Å². The van der Waals surface area contributed by atoms with Crippen LogP contribution in [0.3, 0.4) is 0 Å². The summed E-state index contributed by atoms with van der Waals surface area (Å²) >= 11 is -2.33. The number of anilines is 1. The van der Waals surface area contributed by atoms with Gasteiger partial charge in [0.1, 0.15) is 0 Å². The van der Waals surface area contributed by atoms with E-state index < -0.39 is 18.4 Å². The van der Waals surface area contributed by atoms with Crippen LogP contribution in [0.15, 0.2) is 24.4 Å². The van der Waals surface area contributed by atoms with Gasteiger partial charge in [0.2, 0.25) is 0 Å². The number of nitrogens with zero attached hydrogens (tertiary/aromatic N) is 2. The van der Waals surface area contributed by atoms with Crippen molar-refractivity contribution < 1.29 is 4.84 Å². The molecule has 2 atom stereocenters. The molecule has 1 aromatic rings. The molecule has 0 unspecified atom stereocenters. The van der Waals surface area contributed by atoms with Crippen LogP contribution in [-0.4, -0.2) is 36.0 Å². The second kappa shape index (κ2) is 12.3. The molecule has 2 heterocycles. The molecule has 0 aromatic carbocycles. The third-order valence-corrected chi connectivity index (χ3v) is 24.1. The Balaban J connectivity index is 2.32. The van der Waals surface area contributed by atoms with E-state index in [4.69, 9.17) is 4.84 Å². The molecule has 1 aromatic heterocycles. The van der Waals surface area contributed by atoms with E-state index in [-0.39, 0.29) is 0 Å². The van der Waals surface area contributed by atoms with E-state index in [1.807, 2.05) is 12.3 Å². The third-order valence-electron chi connectivity index (χ3n) is 6.49. The maximum atomic E-state index is 6.39. The summed E-state index contributed by atoms with van der Waals surface area (Å²) in [4.78, 5) is 11.0. The molecule has 1 aliphatic rings. The molecule has 2 rings (SSSR count). The minimum atomic E-state index is -2.33. The van der Waals surface area contributed by atoms with Gasteiger partial charge in [-0.05, 0) is 0 Å². The van der Waals surface area contributed by atoms with Gasteiger partial charge < -0.3 is 0 Å². The average molecular weight is 481 g/mol. The summed E-state index contributed by atoms with van der Waals surface area (Å²) in [5, 5.41) is 2.21. The Bertz CT molecular complexity index is 489. The molecule has 0 radical (unpaired) electrons. The maximum absolute atomic E-state index is 6.39. The van der Waals surface area contributed by atoms with Crippen molar-refractivity contribution in [3.05, 3.63) is 24.4 Å². The Morgan fingerprint density at radius 2 is 1.59 bits per heavy atom. The first-order chi connectivity index (χ1) is 13.2. The predicted molar refractivity (Wildman–Crippen MR) is 120 cm³/mol. The summed E-state index contributed by atoms with van der Waals surface area (Å²) in [6.07, 6.45) is 12.7. The molecule has 4 heteroatoms. The first-order valence-corrected chi connectivity index (χ1v) is 19.3. The molecule has 1 fully saturated rings. The average Bonchev–Trinajstić information content (AvgIpc) is 3.13. The van der Waals surface area contributed by atoms with Gasteiger partial charge in [-0.15, -0.1) is 0 Å². The number of hydrogen-bond acceptors (Lipinski definition) is 3. The van der Waals surface area contributed by atoms with E-state index in [0.29, 0.717) is 6.04 Å². The summed E-state index contributed by atoms with van der Waals surface area (Å²) in [6, 6.07) is 6.75. The molecular formula is C23H42N2OSn. The van der Waals surface area contributed by atoms with Crippen LogP contribution >= 0.6 is 0 Å². The molecule has 0 spiro atoms. The Hall–Kier alpha value is -0.291. The second-order valence-corrected chi connectivity index (χ2v) is 22.6. The molecule has 1 aliphatic heterocycles. The number of aromatic nitrogens is 1. The molecule has 0 aliphatic carbocycles. The number of unbranched alkanes of at least 4 members (excludes halogenated alkanes) is 3. The molecule has 27 heavy (non-hydrogen) atoms. The van der Waals surface area contributed by atoms with Gasteiger partial charge in [0, 0.05) is 0 Å². The topological polar surface area (TPSA) is 25.4 Å². The van der Waals surface area contributed by atoms with Gasteiger partial charge >= 0.3 is 172 Å². The van der Waals surface area contributed by atoms with Crippen LogP contribution in [0.5, 0.6) is 0 Å². The fourth-order valence-electron chi connectivity index (χ4n) is 4.97. The van der Waals surface area contributed by atoms with Crippen molar-refractivity contribution in [1.82, 2.24) is 4.98 Å². The summed E-state index contributed by atoms with van der Waals surface area (Å²) in [6.45, 7) is 10.4. The Morgan fingerprint density at radius 3 is 2.07 bits per heavy atom. The molecule has 0 saturated carbocycles. The Morgan fingerprint density at radius 1 is 0.963 bits per heavy atom. The molecule has 0 N–H and O–H groups in total. The number of hydrogen-bond donors (Lipinski definition) is 0. The van der Waals surface area contributed by atoms with Crippen molar-refractivity contribution in [2.75, 3.05) is 11.7 Å². The quantitative estimate of drug-likeness (QED) is 0.278. The first-order valence-electron chi connectivity index (χ1n) is 11.6. The van der Waals surface area contributed by atoms with Gasteiger partial charge in [0.25, 0.3) is 0 Å². The fraction of sp³-hybridized carbons (Fsp3) is 0.783. The van der Waals surface area contributed by atoms with Crippen LogP contribution in [0.25, 0.3) is 0 Å². The Labute approximate surface area is 172 Å². The zero-order valence-electron chi connectivity index (χ0n) is 18.3. The van der Waals surface area contributed by atoms with Crippen molar-refractivity contribution in [1.29, 1.82) is 0 Å². The van der Waals surface area contributed by atoms with Crippen LogP contribution < -0.4 is 5.06 Å². The molecule has 154 valence electrons. The number of hydroxylamine groups is 1. The first kappa shape index (κ1) is 23.0. The van der Waals surface area contributed by atoms with Gasteiger partial charge in [0.05, 0.1) is 0 Å². The molecular weight excluding hydrogens is 439 g/mol. The van der Waals surface area contributed by atoms with Crippen LogP contribution in [-0.2, 0) is 4.84 Å². The number of pyridine rings is 1. The minimum absolute atomic E-state index is 0.547. The summed E-state index contributed by atoms with van der Waals surface area (Å²) in [5.41, 5.74) is 0. The molecule has 0 bridgehead atoms. The van der Waals surface area contributed by atoms with E-state index >= 15 is 0 Å². The van der Waals surface area contributed by atoms with Gasteiger partial charge in [-0.25, -0.2) is 0 Å². The van der Waals surface area contributed by atoms with Crippen LogP contribution in [0.4, 0.5) is 5.82 Å². The SMILES string of the molecule is CCC[CH2][Sn]([CH2]CCC)([CH2]CCC)[C@@H]1CON(c2ccccn2)[C@@H]1CCC. The van der Waals surface area contributed by atoms with Crippen LogP contribution in [0.1, 0.15) is 79.1 Å². The van der Waals surface area contributed by atoms with Gasteiger partial charge in [-0.2, -0.15) is 0 Å².